The minimum atomic E-state index is -0.276. The van der Waals surface area contributed by atoms with Crippen molar-refractivity contribution in [3.05, 3.63) is 71.4 Å². The molecule has 0 atom stereocenters. The summed E-state index contributed by atoms with van der Waals surface area (Å²) in [6.45, 7) is 1.34. The molecule has 0 fully saturated rings. The van der Waals surface area contributed by atoms with Crippen molar-refractivity contribution in [3.63, 3.8) is 0 Å². The van der Waals surface area contributed by atoms with E-state index in [9.17, 15) is 4.79 Å². The number of carbonyl (C=O) groups excluding carboxylic acids is 1. The molecule has 3 heterocycles. The van der Waals surface area contributed by atoms with Crippen LogP contribution in [0.2, 0.25) is 0 Å². The van der Waals surface area contributed by atoms with Gasteiger partial charge in [-0.15, -0.1) is 0 Å². The van der Waals surface area contributed by atoms with E-state index < -0.39 is 0 Å². The van der Waals surface area contributed by atoms with Gasteiger partial charge in [-0.25, -0.2) is 0 Å². The molecule has 0 spiro atoms. The second-order valence-electron chi connectivity index (χ2n) is 7.29. The Bertz CT molecular complexity index is 1330. The third-order valence-corrected chi connectivity index (χ3v) is 5.21. The van der Waals surface area contributed by atoms with Crippen molar-refractivity contribution in [2.75, 3.05) is 20.3 Å². The highest BCUT2D eigenvalue weighted by molar-refractivity contribution is 6.05. The van der Waals surface area contributed by atoms with E-state index in [0.29, 0.717) is 35.9 Å². The van der Waals surface area contributed by atoms with Crippen molar-refractivity contribution in [1.29, 1.82) is 0 Å². The van der Waals surface area contributed by atoms with Crippen LogP contribution in [0.25, 0.3) is 23.1 Å². The summed E-state index contributed by atoms with van der Waals surface area (Å²) in [6.07, 6.45) is 8.57. The van der Waals surface area contributed by atoms with Gasteiger partial charge in [0.2, 0.25) is 0 Å². The number of aromatic amines is 1. The van der Waals surface area contributed by atoms with Crippen molar-refractivity contribution in [1.82, 2.24) is 25.5 Å². The van der Waals surface area contributed by atoms with Crippen LogP contribution in [0.4, 0.5) is 0 Å². The third-order valence-electron chi connectivity index (χ3n) is 5.21. The largest absolute Gasteiger partial charge is 0.495 e. The van der Waals surface area contributed by atoms with E-state index >= 15 is 0 Å². The molecule has 0 bridgehead atoms. The summed E-state index contributed by atoms with van der Waals surface area (Å²) in [4.78, 5) is 21.1. The molecule has 9 heteroatoms. The van der Waals surface area contributed by atoms with E-state index in [2.05, 4.69) is 25.5 Å². The molecule has 0 saturated carbocycles. The highest BCUT2D eigenvalue weighted by Crippen LogP contribution is 2.34. The van der Waals surface area contributed by atoms with Crippen molar-refractivity contribution in [3.8, 4) is 17.2 Å². The minimum Gasteiger partial charge on any atom is -0.495 e. The Hall–Kier alpha value is -4.40. The van der Waals surface area contributed by atoms with Crippen LogP contribution < -0.4 is 19.5 Å². The fraction of sp³-hybridized carbons (Fsp3) is 0.167. The van der Waals surface area contributed by atoms with E-state index in [1.165, 1.54) is 7.11 Å². The number of rotatable bonds is 6. The summed E-state index contributed by atoms with van der Waals surface area (Å²) >= 11 is 0. The minimum absolute atomic E-state index is 0.260. The summed E-state index contributed by atoms with van der Waals surface area (Å²) in [5.74, 6) is 1.62. The molecule has 166 valence electrons. The van der Waals surface area contributed by atoms with Gasteiger partial charge >= 0.3 is 0 Å². The smallest absolute Gasteiger partial charge is 0.255 e. The van der Waals surface area contributed by atoms with Crippen LogP contribution in [0.5, 0.6) is 17.2 Å². The number of hydrogen-bond donors (Lipinski definition) is 2. The first kappa shape index (κ1) is 20.5. The van der Waals surface area contributed by atoms with Crippen molar-refractivity contribution < 1.29 is 19.0 Å². The van der Waals surface area contributed by atoms with E-state index in [1.807, 2.05) is 36.4 Å². The molecule has 9 nitrogen and oxygen atoms in total. The molecule has 5 rings (SSSR count). The first-order valence-corrected chi connectivity index (χ1v) is 10.4. The quantitative estimate of drug-likeness (QED) is 0.471. The maximum absolute atomic E-state index is 12.9. The number of nitrogens with zero attached hydrogens (tertiary/aromatic N) is 3. The number of hydrogen-bond acceptors (Lipinski definition) is 7. The molecular weight excluding hydrogens is 422 g/mol. The monoisotopic (exact) mass is 443 g/mol. The van der Waals surface area contributed by atoms with Crippen molar-refractivity contribution in [2.45, 2.75) is 6.54 Å². The first-order chi connectivity index (χ1) is 16.2. The Morgan fingerprint density at radius 3 is 2.85 bits per heavy atom. The molecule has 4 aromatic rings. The first-order valence-electron chi connectivity index (χ1n) is 10.4. The van der Waals surface area contributed by atoms with Gasteiger partial charge in [0, 0.05) is 12.4 Å². The maximum Gasteiger partial charge on any atom is 0.255 e. The zero-order valence-corrected chi connectivity index (χ0v) is 17.9. The van der Waals surface area contributed by atoms with E-state index in [-0.39, 0.29) is 12.5 Å². The summed E-state index contributed by atoms with van der Waals surface area (Å²) in [7, 11) is 1.54. The van der Waals surface area contributed by atoms with Gasteiger partial charge in [0.25, 0.3) is 5.91 Å². The molecule has 0 unspecified atom stereocenters. The van der Waals surface area contributed by atoms with Crippen LogP contribution in [0.3, 0.4) is 0 Å². The fourth-order valence-electron chi connectivity index (χ4n) is 3.64. The lowest BCUT2D eigenvalue weighted by atomic mass is 10.1. The number of fused-ring (bicyclic) bond motifs is 2. The number of benzene rings is 2. The van der Waals surface area contributed by atoms with Crippen LogP contribution >= 0.6 is 0 Å². The van der Waals surface area contributed by atoms with Gasteiger partial charge in [-0.1, -0.05) is 12.1 Å². The number of amides is 1. The zero-order chi connectivity index (χ0) is 22.6. The molecule has 2 N–H and O–H groups in total. The van der Waals surface area contributed by atoms with Gasteiger partial charge in [0.1, 0.15) is 19.0 Å². The Morgan fingerprint density at radius 2 is 2.03 bits per heavy atom. The average Bonchev–Trinajstić information content (AvgIpc) is 3.29. The van der Waals surface area contributed by atoms with Crippen LogP contribution in [0.15, 0.2) is 48.9 Å². The van der Waals surface area contributed by atoms with E-state index in [1.54, 1.807) is 24.7 Å². The normalized spacial score (nSPS) is 12.8. The molecule has 1 aliphatic heterocycles. The van der Waals surface area contributed by atoms with Gasteiger partial charge in [0.05, 0.1) is 47.7 Å². The summed E-state index contributed by atoms with van der Waals surface area (Å²) in [5.41, 5.74) is 3.42. The second kappa shape index (κ2) is 8.99. The summed E-state index contributed by atoms with van der Waals surface area (Å²) < 4.78 is 16.9. The molecule has 2 aromatic carbocycles. The SMILES string of the molecule is COc1c(C(=O)NCc2cnccn2)ccc2[nH]nc(/C=C/c3ccc4c(c3)OCCO4)c12. The lowest BCUT2D eigenvalue weighted by molar-refractivity contribution is 0.0947. The number of carbonyl (C=O) groups is 1. The topological polar surface area (TPSA) is 111 Å². The standard InChI is InChI=1S/C24H21N5O4/c1-31-23-17(24(30)27-14-16-13-25-8-9-26-16)4-6-19-22(23)18(28-29-19)5-2-15-3-7-20-21(12-15)33-11-10-32-20/h2-9,12-13H,10-11,14H2,1H3,(H,27,30)(H,28,29)/b5-2+. The average molecular weight is 443 g/mol. The van der Waals surface area contributed by atoms with E-state index in [0.717, 1.165) is 28.0 Å². The predicted octanol–water partition coefficient (Wildman–Crippen LogP) is 3.23. The molecule has 2 aromatic heterocycles. The van der Waals surface area contributed by atoms with Crippen LogP contribution in [-0.4, -0.2) is 46.4 Å². The molecule has 0 radical (unpaired) electrons. The number of aromatic nitrogens is 4. The number of H-pyrrole nitrogens is 1. The molecule has 33 heavy (non-hydrogen) atoms. The predicted molar refractivity (Wildman–Crippen MR) is 122 cm³/mol. The van der Waals surface area contributed by atoms with Crippen molar-refractivity contribution in [2.24, 2.45) is 0 Å². The highest BCUT2D eigenvalue weighted by atomic mass is 16.6. The zero-order valence-electron chi connectivity index (χ0n) is 17.9. The maximum atomic E-state index is 12.9. The van der Waals surface area contributed by atoms with Crippen molar-refractivity contribution >= 4 is 29.0 Å². The molecular formula is C24H21N5O4. The van der Waals surface area contributed by atoms with Crippen LogP contribution in [0.1, 0.15) is 27.3 Å². The van der Waals surface area contributed by atoms with Gasteiger partial charge in [-0.3, -0.25) is 19.9 Å². The Kier molecular flexibility index (Phi) is 5.59. The lowest BCUT2D eigenvalue weighted by Gasteiger charge is -2.18. The van der Waals surface area contributed by atoms with Gasteiger partial charge in [0.15, 0.2) is 11.5 Å². The van der Waals surface area contributed by atoms with Gasteiger partial charge < -0.3 is 19.5 Å². The molecule has 1 amide bonds. The number of methoxy groups -OCH3 is 1. The second-order valence-corrected chi connectivity index (χ2v) is 7.29. The van der Waals surface area contributed by atoms with Crippen LogP contribution in [-0.2, 0) is 6.54 Å². The Morgan fingerprint density at radius 1 is 1.15 bits per heavy atom. The molecule has 0 aliphatic carbocycles. The lowest BCUT2D eigenvalue weighted by Crippen LogP contribution is -2.24. The molecule has 1 aliphatic rings. The highest BCUT2D eigenvalue weighted by Gasteiger charge is 2.19. The van der Waals surface area contributed by atoms with Crippen LogP contribution in [0, 0.1) is 0 Å². The fourth-order valence-corrected chi connectivity index (χ4v) is 3.64. The van der Waals surface area contributed by atoms with Gasteiger partial charge in [-0.2, -0.15) is 5.10 Å². The van der Waals surface area contributed by atoms with Gasteiger partial charge in [-0.05, 0) is 35.9 Å². The Balaban J connectivity index is 1.43. The molecule has 0 saturated heterocycles. The third kappa shape index (κ3) is 4.20. The number of ether oxygens (including phenoxy) is 3. The Labute approximate surface area is 189 Å². The number of nitrogens with one attached hydrogen (secondary N) is 2. The van der Waals surface area contributed by atoms with E-state index in [4.69, 9.17) is 14.2 Å². The summed E-state index contributed by atoms with van der Waals surface area (Å²) in [6, 6.07) is 9.27. The summed E-state index contributed by atoms with van der Waals surface area (Å²) in [5, 5.41) is 11.0.